The number of para-hydroxylation sites is 1. The number of benzene rings is 1. The molecule has 1 heterocycles. The van der Waals surface area contributed by atoms with E-state index in [0.717, 1.165) is 13.1 Å². The Morgan fingerprint density at radius 2 is 1.75 bits per heavy atom. The van der Waals surface area contributed by atoms with Crippen LogP contribution in [0.15, 0.2) is 30.6 Å². The van der Waals surface area contributed by atoms with Crippen LogP contribution in [0.5, 0.6) is 0 Å². The van der Waals surface area contributed by atoms with Crippen LogP contribution in [0.4, 0.5) is 26.1 Å². The lowest BCUT2D eigenvalue weighted by atomic mass is 10.3. The molecule has 0 saturated heterocycles. The number of nitrogens with one attached hydrogen (secondary N) is 1. The zero-order chi connectivity index (χ0) is 14.5. The molecule has 0 radical (unpaired) electrons. The number of nitrogens with zero attached hydrogens (tertiary/aromatic N) is 3. The van der Waals surface area contributed by atoms with Crippen molar-refractivity contribution in [3.8, 4) is 0 Å². The van der Waals surface area contributed by atoms with Gasteiger partial charge in [0.2, 0.25) is 0 Å². The van der Waals surface area contributed by atoms with Gasteiger partial charge >= 0.3 is 0 Å². The topological polar surface area (TPSA) is 41.0 Å². The Kier molecular flexibility index (Phi) is 4.45. The first-order valence-electron chi connectivity index (χ1n) is 6.43. The highest BCUT2D eigenvalue weighted by Crippen LogP contribution is 2.23. The van der Waals surface area contributed by atoms with E-state index in [4.69, 9.17) is 0 Å². The molecule has 0 aliphatic rings. The molecule has 2 rings (SSSR count). The summed E-state index contributed by atoms with van der Waals surface area (Å²) in [4.78, 5) is 10.2. The minimum absolute atomic E-state index is 0.211. The average molecular weight is 278 g/mol. The Labute approximate surface area is 116 Å². The van der Waals surface area contributed by atoms with E-state index in [0.29, 0.717) is 11.6 Å². The van der Waals surface area contributed by atoms with Crippen molar-refractivity contribution in [2.24, 2.45) is 0 Å². The van der Waals surface area contributed by atoms with Gasteiger partial charge in [-0.05, 0) is 26.0 Å². The molecule has 20 heavy (non-hydrogen) atoms. The molecule has 0 amide bonds. The van der Waals surface area contributed by atoms with Crippen molar-refractivity contribution in [1.82, 2.24) is 9.97 Å². The molecular formula is C14H16F2N4. The van der Waals surface area contributed by atoms with Crippen LogP contribution in [0.2, 0.25) is 0 Å². The Hall–Kier alpha value is -2.24. The highest BCUT2D eigenvalue weighted by Gasteiger charge is 2.10. The van der Waals surface area contributed by atoms with Gasteiger partial charge in [0.15, 0.2) is 0 Å². The highest BCUT2D eigenvalue weighted by atomic mass is 19.1. The van der Waals surface area contributed by atoms with E-state index in [1.54, 1.807) is 6.07 Å². The van der Waals surface area contributed by atoms with Gasteiger partial charge < -0.3 is 10.2 Å². The molecule has 0 fully saturated rings. The summed E-state index contributed by atoms with van der Waals surface area (Å²) in [6.45, 7) is 5.60. The summed E-state index contributed by atoms with van der Waals surface area (Å²) < 4.78 is 27.1. The molecule has 1 N–H and O–H groups in total. The van der Waals surface area contributed by atoms with Crippen LogP contribution in [0.25, 0.3) is 0 Å². The largest absolute Gasteiger partial charge is 0.357 e. The van der Waals surface area contributed by atoms with Gasteiger partial charge in [-0.25, -0.2) is 18.7 Å². The van der Waals surface area contributed by atoms with Crippen LogP contribution >= 0.6 is 0 Å². The zero-order valence-corrected chi connectivity index (χ0v) is 11.4. The van der Waals surface area contributed by atoms with E-state index in [1.807, 2.05) is 18.7 Å². The second kappa shape index (κ2) is 6.27. The molecule has 4 nitrogen and oxygen atoms in total. The number of hydrogen-bond donors (Lipinski definition) is 1. The predicted octanol–water partition coefficient (Wildman–Crippen LogP) is 3.34. The molecule has 0 unspecified atom stereocenters. The summed E-state index contributed by atoms with van der Waals surface area (Å²) in [5.74, 6) is -0.254. The van der Waals surface area contributed by atoms with Crippen molar-refractivity contribution in [2.45, 2.75) is 13.8 Å². The third-order valence-electron chi connectivity index (χ3n) is 2.96. The molecule has 0 aliphatic carbocycles. The molecule has 0 spiro atoms. The lowest BCUT2D eigenvalue weighted by Crippen LogP contribution is -2.23. The third kappa shape index (κ3) is 3.01. The monoisotopic (exact) mass is 278 g/mol. The van der Waals surface area contributed by atoms with Crippen LogP contribution in [-0.4, -0.2) is 23.1 Å². The molecule has 6 heteroatoms. The standard InChI is InChI=1S/C14H16F2N4/c1-3-20(4-2)13-8-12(17-9-18-13)19-14-10(15)6-5-7-11(14)16/h5-9H,3-4H2,1-2H3,(H,17,18,19). The summed E-state index contributed by atoms with van der Waals surface area (Å²) in [6, 6.07) is 5.37. The number of hydrogen-bond acceptors (Lipinski definition) is 4. The fraction of sp³-hybridized carbons (Fsp3) is 0.286. The predicted molar refractivity (Wildman–Crippen MR) is 75.2 cm³/mol. The summed E-state index contributed by atoms with van der Waals surface area (Å²) >= 11 is 0. The maximum absolute atomic E-state index is 13.6. The second-order valence-corrected chi connectivity index (χ2v) is 4.16. The molecule has 0 aliphatic heterocycles. The Morgan fingerprint density at radius 3 is 2.35 bits per heavy atom. The maximum atomic E-state index is 13.6. The summed E-state index contributed by atoms with van der Waals surface area (Å²) in [7, 11) is 0. The van der Waals surface area contributed by atoms with Crippen molar-refractivity contribution >= 4 is 17.3 Å². The summed E-state index contributed by atoms with van der Waals surface area (Å²) in [5, 5.41) is 2.66. The van der Waals surface area contributed by atoms with Gasteiger partial charge in [-0.3, -0.25) is 0 Å². The van der Waals surface area contributed by atoms with Crippen molar-refractivity contribution in [1.29, 1.82) is 0 Å². The smallest absolute Gasteiger partial charge is 0.149 e. The SMILES string of the molecule is CCN(CC)c1cc(Nc2c(F)cccc2F)ncn1. The molecule has 1 aromatic heterocycles. The van der Waals surface area contributed by atoms with Crippen LogP contribution in [0, 0.1) is 11.6 Å². The van der Waals surface area contributed by atoms with E-state index in [9.17, 15) is 8.78 Å². The van der Waals surface area contributed by atoms with Crippen LogP contribution in [0.1, 0.15) is 13.8 Å². The second-order valence-electron chi connectivity index (χ2n) is 4.16. The molecule has 0 bridgehead atoms. The Morgan fingerprint density at radius 1 is 1.10 bits per heavy atom. The van der Waals surface area contributed by atoms with E-state index < -0.39 is 11.6 Å². The average Bonchev–Trinajstić information content (AvgIpc) is 2.45. The van der Waals surface area contributed by atoms with E-state index in [-0.39, 0.29) is 5.69 Å². The minimum Gasteiger partial charge on any atom is -0.357 e. The maximum Gasteiger partial charge on any atom is 0.149 e. The Bertz CT molecular complexity index is 565. The first-order valence-corrected chi connectivity index (χ1v) is 6.43. The van der Waals surface area contributed by atoms with Crippen molar-refractivity contribution in [3.63, 3.8) is 0 Å². The molecular weight excluding hydrogens is 262 g/mol. The third-order valence-corrected chi connectivity index (χ3v) is 2.96. The van der Waals surface area contributed by atoms with Gasteiger partial charge in [0.25, 0.3) is 0 Å². The van der Waals surface area contributed by atoms with Gasteiger partial charge in [0, 0.05) is 19.2 Å². The molecule has 1 aromatic carbocycles. The van der Waals surface area contributed by atoms with Gasteiger partial charge in [-0.1, -0.05) is 6.07 Å². The van der Waals surface area contributed by atoms with Gasteiger partial charge in [0.1, 0.15) is 35.3 Å². The number of rotatable bonds is 5. The fourth-order valence-electron chi connectivity index (χ4n) is 1.88. The summed E-state index contributed by atoms with van der Waals surface area (Å²) in [6.07, 6.45) is 1.37. The minimum atomic E-state index is -0.659. The van der Waals surface area contributed by atoms with Crippen molar-refractivity contribution in [2.75, 3.05) is 23.3 Å². The number of aromatic nitrogens is 2. The van der Waals surface area contributed by atoms with Crippen LogP contribution in [-0.2, 0) is 0 Å². The molecule has 0 atom stereocenters. The number of halogens is 2. The zero-order valence-electron chi connectivity index (χ0n) is 11.4. The van der Waals surface area contributed by atoms with Crippen LogP contribution in [0.3, 0.4) is 0 Å². The highest BCUT2D eigenvalue weighted by molar-refractivity contribution is 5.60. The summed E-state index contributed by atoms with van der Waals surface area (Å²) in [5.41, 5.74) is -0.211. The lowest BCUT2D eigenvalue weighted by molar-refractivity contribution is 0.590. The van der Waals surface area contributed by atoms with E-state index >= 15 is 0 Å². The van der Waals surface area contributed by atoms with Crippen molar-refractivity contribution < 1.29 is 8.78 Å². The first kappa shape index (κ1) is 14.2. The molecule has 106 valence electrons. The van der Waals surface area contributed by atoms with E-state index in [1.165, 1.54) is 24.5 Å². The molecule has 2 aromatic rings. The quantitative estimate of drug-likeness (QED) is 0.910. The number of anilines is 3. The van der Waals surface area contributed by atoms with Gasteiger partial charge in [-0.2, -0.15) is 0 Å². The van der Waals surface area contributed by atoms with Gasteiger partial charge in [-0.15, -0.1) is 0 Å². The van der Waals surface area contributed by atoms with E-state index in [2.05, 4.69) is 15.3 Å². The first-order chi connectivity index (χ1) is 9.65. The normalized spacial score (nSPS) is 10.4. The fourth-order valence-corrected chi connectivity index (χ4v) is 1.88. The van der Waals surface area contributed by atoms with Crippen LogP contribution < -0.4 is 10.2 Å². The Balaban J connectivity index is 2.28. The molecule has 0 saturated carbocycles. The van der Waals surface area contributed by atoms with Crippen molar-refractivity contribution in [3.05, 3.63) is 42.2 Å². The van der Waals surface area contributed by atoms with Gasteiger partial charge in [0.05, 0.1) is 0 Å². The lowest BCUT2D eigenvalue weighted by Gasteiger charge is -2.20.